The number of unbranched alkanes of at least 4 members (excludes halogenated alkanes) is 1. The van der Waals surface area contributed by atoms with Gasteiger partial charge in [-0.1, -0.05) is 31.5 Å². The molecule has 6 heteroatoms. The molecule has 0 aliphatic rings. The molecule has 6 nitrogen and oxygen atoms in total. The number of anilines is 1. The smallest absolute Gasteiger partial charge is 0.323 e. The summed E-state index contributed by atoms with van der Waals surface area (Å²) in [5.41, 5.74) is 0.844. The van der Waals surface area contributed by atoms with Gasteiger partial charge in [-0.15, -0.1) is 0 Å². The topological polar surface area (TPSA) is 76.1 Å². The van der Waals surface area contributed by atoms with Crippen LogP contribution in [0.5, 0.6) is 11.5 Å². The van der Waals surface area contributed by atoms with Crippen molar-refractivity contribution in [1.29, 1.82) is 0 Å². The molecule has 0 atom stereocenters. The molecular weight excluding hydrogens is 334 g/mol. The minimum absolute atomic E-state index is 0.329. The van der Waals surface area contributed by atoms with Gasteiger partial charge in [0.2, 0.25) is 0 Å². The van der Waals surface area contributed by atoms with Crippen LogP contribution in [0.3, 0.4) is 0 Å². The zero-order valence-electron chi connectivity index (χ0n) is 15.0. The Balaban J connectivity index is 2.29. The summed E-state index contributed by atoms with van der Waals surface area (Å²) < 4.78 is 11.0. The van der Waals surface area contributed by atoms with Crippen molar-refractivity contribution in [3.05, 3.63) is 54.1 Å². The van der Waals surface area contributed by atoms with Gasteiger partial charge >= 0.3 is 5.97 Å². The van der Waals surface area contributed by atoms with Crippen LogP contribution in [0.1, 0.15) is 30.1 Å². The number of carbonyl (C=O) groups is 2. The molecule has 0 radical (unpaired) electrons. The number of hydrogen-bond acceptors (Lipinski definition) is 4. The van der Waals surface area contributed by atoms with Gasteiger partial charge in [0.05, 0.1) is 13.7 Å². The Morgan fingerprint density at radius 2 is 1.81 bits per heavy atom. The van der Waals surface area contributed by atoms with Crippen LogP contribution in [0.4, 0.5) is 5.69 Å². The molecule has 0 bridgehead atoms. The lowest BCUT2D eigenvalue weighted by Gasteiger charge is -2.21. The fraction of sp³-hybridized carbons (Fsp3) is 0.300. The van der Waals surface area contributed by atoms with E-state index in [4.69, 9.17) is 14.6 Å². The standard InChI is InChI=1S/C20H23NO5/c1-3-4-12-26-17-11-10-15(13-18(17)25-2)20(24)21(14-19(22)23)16-8-6-5-7-9-16/h5-11,13H,3-4,12,14H2,1-2H3,(H,22,23). The third kappa shape index (κ3) is 4.99. The molecule has 0 spiro atoms. The molecule has 2 aromatic rings. The highest BCUT2D eigenvalue weighted by molar-refractivity contribution is 6.08. The van der Waals surface area contributed by atoms with Gasteiger partial charge in [-0.3, -0.25) is 14.5 Å². The van der Waals surface area contributed by atoms with Gasteiger partial charge < -0.3 is 14.6 Å². The monoisotopic (exact) mass is 357 g/mol. The first-order chi connectivity index (χ1) is 12.6. The van der Waals surface area contributed by atoms with E-state index in [0.717, 1.165) is 12.8 Å². The van der Waals surface area contributed by atoms with Crippen molar-refractivity contribution >= 4 is 17.6 Å². The second-order valence-electron chi connectivity index (χ2n) is 5.69. The molecule has 138 valence electrons. The highest BCUT2D eigenvalue weighted by atomic mass is 16.5. The molecule has 2 aromatic carbocycles. The molecule has 1 N–H and O–H groups in total. The summed E-state index contributed by atoms with van der Waals surface area (Å²) in [6, 6.07) is 13.6. The minimum atomic E-state index is -1.09. The average molecular weight is 357 g/mol. The number of carbonyl (C=O) groups excluding carboxylic acids is 1. The van der Waals surface area contributed by atoms with Crippen molar-refractivity contribution in [2.75, 3.05) is 25.2 Å². The van der Waals surface area contributed by atoms with Gasteiger partial charge in [0.25, 0.3) is 5.91 Å². The predicted octanol–water partition coefficient (Wildman–Crippen LogP) is 3.61. The van der Waals surface area contributed by atoms with Crippen molar-refractivity contribution in [1.82, 2.24) is 0 Å². The molecule has 0 aliphatic heterocycles. The number of carboxylic acids is 1. The first-order valence-electron chi connectivity index (χ1n) is 8.46. The number of methoxy groups -OCH3 is 1. The normalized spacial score (nSPS) is 10.2. The van der Waals surface area contributed by atoms with Crippen molar-refractivity contribution in [2.45, 2.75) is 19.8 Å². The fourth-order valence-electron chi connectivity index (χ4n) is 2.43. The van der Waals surface area contributed by atoms with Crippen LogP contribution < -0.4 is 14.4 Å². The summed E-state index contributed by atoms with van der Waals surface area (Å²) in [6.45, 7) is 2.21. The van der Waals surface area contributed by atoms with E-state index in [0.29, 0.717) is 29.4 Å². The number of amides is 1. The van der Waals surface area contributed by atoms with E-state index in [1.165, 1.54) is 12.0 Å². The quantitative estimate of drug-likeness (QED) is 0.694. The SMILES string of the molecule is CCCCOc1ccc(C(=O)N(CC(=O)O)c2ccccc2)cc1OC. The zero-order valence-corrected chi connectivity index (χ0v) is 15.0. The zero-order chi connectivity index (χ0) is 18.9. The number of hydrogen-bond donors (Lipinski definition) is 1. The number of carboxylic acid groups (broad SMARTS) is 1. The Morgan fingerprint density at radius 1 is 1.08 bits per heavy atom. The van der Waals surface area contributed by atoms with Crippen LogP contribution in [0.2, 0.25) is 0 Å². The van der Waals surface area contributed by atoms with Gasteiger partial charge in [-0.25, -0.2) is 0 Å². The Morgan fingerprint density at radius 3 is 2.42 bits per heavy atom. The molecule has 0 saturated carbocycles. The highest BCUT2D eigenvalue weighted by Crippen LogP contribution is 2.29. The number of aliphatic carboxylic acids is 1. The molecule has 0 aliphatic carbocycles. The van der Waals surface area contributed by atoms with Crippen LogP contribution in [-0.4, -0.2) is 37.2 Å². The Bertz CT molecular complexity index is 745. The van der Waals surface area contributed by atoms with Gasteiger partial charge in [0.15, 0.2) is 11.5 Å². The van der Waals surface area contributed by atoms with Crippen molar-refractivity contribution in [2.24, 2.45) is 0 Å². The van der Waals surface area contributed by atoms with Crippen LogP contribution >= 0.6 is 0 Å². The molecule has 2 rings (SSSR count). The summed E-state index contributed by atoms with van der Waals surface area (Å²) >= 11 is 0. The molecule has 0 heterocycles. The lowest BCUT2D eigenvalue weighted by atomic mass is 10.1. The lowest BCUT2D eigenvalue weighted by Crippen LogP contribution is -2.35. The van der Waals surface area contributed by atoms with Crippen LogP contribution in [-0.2, 0) is 4.79 Å². The summed E-state index contributed by atoms with van der Waals surface area (Å²) in [5, 5.41) is 9.17. The van der Waals surface area contributed by atoms with E-state index in [1.807, 2.05) is 0 Å². The maximum absolute atomic E-state index is 12.9. The second kappa shape index (κ2) is 9.46. The number of para-hydroxylation sites is 1. The van der Waals surface area contributed by atoms with Crippen LogP contribution in [0, 0.1) is 0 Å². The molecular formula is C20H23NO5. The van der Waals surface area contributed by atoms with E-state index in [1.54, 1.807) is 48.5 Å². The Labute approximate surface area is 153 Å². The lowest BCUT2D eigenvalue weighted by molar-refractivity contribution is -0.135. The van der Waals surface area contributed by atoms with Gasteiger partial charge in [-0.05, 0) is 36.8 Å². The highest BCUT2D eigenvalue weighted by Gasteiger charge is 2.21. The van der Waals surface area contributed by atoms with Crippen molar-refractivity contribution < 1.29 is 24.2 Å². The first kappa shape index (κ1) is 19.3. The fourth-order valence-corrected chi connectivity index (χ4v) is 2.43. The molecule has 0 aromatic heterocycles. The maximum Gasteiger partial charge on any atom is 0.323 e. The van der Waals surface area contributed by atoms with Crippen molar-refractivity contribution in [3.8, 4) is 11.5 Å². The predicted molar refractivity (Wildman–Crippen MR) is 99.2 cm³/mol. The van der Waals surface area contributed by atoms with E-state index in [2.05, 4.69) is 6.92 Å². The van der Waals surface area contributed by atoms with Gasteiger partial charge in [-0.2, -0.15) is 0 Å². The first-order valence-corrected chi connectivity index (χ1v) is 8.46. The molecule has 0 fully saturated rings. The summed E-state index contributed by atoms with van der Waals surface area (Å²) in [5.74, 6) is -0.511. The average Bonchev–Trinajstić information content (AvgIpc) is 2.66. The number of nitrogens with zero attached hydrogens (tertiary/aromatic N) is 1. The molecule has 1 amide bonds. The third-order valence-electron chi connectivity index (χ3n) is 3.77. The molecule has 26 heavy (non-hydrogen) atoms. The number of benzene rings is 2. The van der Waals surface area contributed by atoms with E-state index in [9.17, 15) is 9.59 Å². The largest absolute Gasteiger partial charge is 0.493 e. The van der Waals surface area contributed by atoms with E-state index in [-0.39, 0.29) is 0 Å². The molecule has 0 saturated heterocycles. The Kier molecular flexibility index (Phi) is 7.02. The van der Waals surface area contributed by atoms with Gasteiger partial charge in [0, 0.05) is 11.3 Å². The number of rotatable bonds is 9. The summed E-state index contributed by atoms with van der Waals surface area (Å²) in [7, 11) is 1.50. The van der Waals surface area contributed by atoms with E-state index < -0.39 is 18.4 Å². The summed E-state index contributed by atoms with van der Waals surface area (Å²) in [6.07, 6.45) is 1.93. The maximum atomic E-state index is 12.9. The van der Waals surface area contributed by atoms with Crippen molar-refractivity contribution in [3.63, 3.8) is 0 Å². The Hall–Kier alpha value is -3.02. The minimum Gasteiger partial charge on any atom is -0.493 e. The van der Waals surface area contributed by atoms with E-state index >= 15 is 0 Å². The number of ether oxygens (including phenoxy) is 2. The van der Waals surface area contributed by atoms with Crippen LogP contribution in [0.25, 0.3) is 0 Å². The van der Waals surface area contributed by atoms with Crippen LogP contribution in [0.15, 0.2) is 48.5 Å². The second-order valence-corrected chi connectivity index (χ2v) is 5.69. The summed E-state index contributed by atoms with van der Waals surface area (Å²) in [4.78, 5) is 25.3. The molecule has 0 unspecified atom stereocenters. The van der Waals surface area contributed by atoms with Gasteiger partial charge in [0.1, 0.15) is 6.54 Å². The third-order valence-corrected chi connectivity index (χ3v) is 3.77.